The molecule has 19 heavy (non-hydrogen) atoms. The molecule has 2 rings (SSSR count). The summed E-state index contributed by atoms with van der Waals surface area (Å²) in [5.74, 6) is 0.249. The summed E-state index contributed by atoms with van der Waals surface area (Å²) in [4.78, 5) is 14.1. The Morgan fingerprint density at radius 2 is 2.32 bits per heavy atom. The fourth-order valence-corrected chi connectivity index (χ4v) is 2.82. The second kappa shape index (κ2) is 6.15. The molecule has 2 N–H and O–H groups in total. The Morgan fingerprint density at radius 1 is 1.53 bits per heavy atom. The smallest absolute Gasteiger partial charge is 0.223 e. The molecule has 2 atom stereocenters. The van der Waals surface area contributed by atoms with Gasteiger partial charge in [-0.2, -0.15) is 0 Å². The van der Waals surface area contributed by atoms with E-state index < -0.39 is 0 Å². The van der Waals surface area contributed by atoms with Crippen molar-refractivity contribution < 1.29 is 9.18 Å². The molecule has 0 bridgehead atoms. The number of hydrogen-bond donors (Lipinski definition) is 1. The van der Waals surface area contributed by atoms with Gasteiger partial charge in [-0.25, -0.2) is 4.39 Å². The molecule has 3 nitrogen and oxygen atoms in total. The summed E-state index contributed by atoms with van der Waals surface area (Å²) in [6, 6.07) is 6.58. The minimum atomic E-state index is -0.244. The number of nitrogens with zero attached hydrogens (tertiary/aromatic N) is 1. The topological polar surface area (TPSA) is 46.3 Å². The number of benzene rings is 1. The summed E-state index contributed by atoms with van der Waals surface area (Å²) in [6.07, 6.45) is 2.16. The van der Waals surface area contributed by atoms with E-state index in [0.29, 0.717) is 25.3 Å². The Bertz CT molecular complexity index is 450. The van der Waals surface area contributed by atoms with Crippen molar-refractivity contribution in [1.29, 1.82) is 0 Å². The number of rotatable bonds is 4. The predicted molar refractivity (Wildman–Crippen MR) is 72.9 cm³/mol. The van der Waals surface area contributed by atoms with Crippen molar-refractivity contribution in [3.8, 4) is 0 Å². The van der Waals surface area contributed by atoms with Crippen LogP contribution < -0.4 is 5.73 Å². The largest absolute Gasteiger partial charge is 0.335 e. The maximum Gasteiger partial charge on any atom is 0.223 e. The third-order valence-corrected chi connectivity index (χ3v) is 3.81. The van der Waals surface area contributed by atoms with Crippen molar-refractivity contribution in [2.24, 2.45) is 11.7 Å². The standard InChI is InChI=1S/C15H21FN2O/c1-11-7-9-18(14(19)6-3-8-17)15(11)12-4-2-5-13(16)10-12/h2,4-5,10-11,15H,3,6-9,17H2,1H3. The van der Waals surface area contributed by atoms with Crippen LogP contribution in [0, 0.1) is 11.7 Å². The van der Waals surface area contributed by atoms with Crippen LogP contribution in [-0.2, 0) is 4.79 Å². The van der Waals surface area contributed by atoms with Crippen molar-refractivity contribution >= 4 is 5.91 Å². The lowest BCUT2D eigenvalue weighted by Crippen LogP contribution is -2.32. The number of carbonyl (C=O) groups excluding carboxylic acids is 1. The minimum absolute atomic E-state index is 0.000902. The highest BCUT2D eigenvalue weighted by atomic mass is 19.1. The van der Waals surface area contributed by atoms with Gasteiger partial charge in [-0.05, 0) is 43.0 Å². The van der Waals surface area contributed by atoms with Gasteiger partial charge in [0.05, 0.1) is 6.04 Å². The first-order chi connectivity index (χ1) is 9.13. The van der Waals surface area contributed by atoms with E-state index in [1.807, 2.05) is 11.0 Å². The third kappa shape index (κ3) is 3.13. The number of amides is 1. The second-order valence-electron chi connectivity index (χ2n) is 5.25. The fourth-order valence-electron chi connectivity index (χ4n) is 2.82. The average Bonchev–Trinajstić information content (AvgIpc) is 2.78. The maximum atomic E-state index is 13.4. The number of halogens is 1. The number of likely N-dealkylation sites (tertiary alicyclic amines) is 1. The molecule has 0 aromatic heterocycles. The number of hydrogen-bond acceptors (Lipinski definition) is 2. The van der Waals surface area contributed by atoms with E-state index in [-0.39, 0.29) is 17.8 Å². The lowest BCUT2D eigenvalue weighted by molar-refractivity contribution is -0.132. The summed E-state index contributed by atoms with van der Waals surface area (Å²) in [5.41, 5.74) is 6.34. The molecule has 1 heterocycles. The predicted octanol–water partition coefficient (Wildman–Crippen LogP) is 2.47. The molecule has 1 aliphatic heterocycles. The lowest BCUT2D eigenvalue weighted by atomic mass is 9.95. The fraction of sp³-hybridized carbons (Fsp3) is 0.533. The summed E-state index contributed by atoms with van der Waals surface area (Å²) < 4.78 is 13.4. The van der Waals surface area contributed by atoms with E-state index >= 15 is 0 Å². The molecule has 0 saturated carbocycles. The zero-order valence-corrected chi connectivity index (χ0v) is 11.3. The maximum absolute atomic E-state index is 13.4. The Labute approximate surface area is 113 Å². The molecule has 0 aliphatic carbocycles. The van der Waals surface area contributed by atoms with Gasteiger partial charge in [0.25, 0.3) is 0 Å². The molecule has 1 aromatic carbocycles. The molecule has 1 amide bonds. The Morgan fingerprint density at radius 3 is 3.00 bits per heavy atom. The summed E-state index contributed by atoms with van der Waals surface area (Å²) in [7, 11) is 0. The normalized spacial score (nSPS) is 22.8. The summed E-state index contributed by atoms with van der Waals surface area (Å²) in [6.45, 7) is 3.40. The van der Waals surface area contributed by atoms with Gasteiger partial charge in [0, 0.05) is 13.0 Å². The first kappa shape index (κ1) is 14.0. The quantitative estimate of drug-likeness (QED) is 0.908. The van der Waals surface area contributed by atoms with Crippen LogP contribution in [0.2, 0.25) is 0 Å². The molecule has 2 unspecified atom stereocenters. The first-order valence-corrected chi connectivity index (χ1v) is 6.88. The third-order valence-electron chi connectivity index (χ3n) is 3.81. The van der Waals surface area contributed by atoms with Gasteiger partial charge in [0.2, 0.25) is 5.91 Å². The average molecular weight is 264 g/mol. The van der Waals surface area contributed by atoms with E-state index in [9.17, 15) is 9.18 Å². The van der Waals surface area contributed by atoms with E-state index in [1.54, 1.807) is 6.07 Å². The van der Waals surface area contributed by atoms with Crippen LogP contribution in [0.25, 0.3) is 0 Å². The van der Waals surface area contributed by atoms with Gasteiger partial charge in [0.15, 0.2) is 0 Å². The van der Waals surface area contributed by atoms with Crippen LogP contribution in [0.5, 0.6) is 0 Å². The number of carbonyl (C=O) groups is 1. The van der Waals surface area contributed by atoms with Crippen LogP contribution in [-0.4, -0.2) is 23.9 Å². The molecule has 0 spiro atoms. The van der Waals surface area contributed by atoms with E-state index in [2.05, 4.69) is 6.92 Å². The summed E-state index contributed by atoms with van der Waals surface area (Å²) in [5, 5.41) is 0. The molecular formula is C15H21FN2O. The highest BCUT2D eigenvalue weighted by Gasteiger charge is 2.35. The molecule has 1 fully saturated rings. The molecule has 1 aliphatic rings. The van der Waals surface area contributed by atoms with Gasteiger partial charge in [-0.1, -0.05) is 19.1 Å². The molecule has 4 heteroatoms. The molecule has 1 saturated heterocycles. The summed E-state index contributed by atoms with van der Waals surface area (Å²) >= 11 is 0. The Balaban J connectivity index is 2.18. The van der Waals surface area contributed by atoms with Gasteiger partial charge in [0.1, 0.15) is 5.82 Å². The molecule has 1 aromatic rings. The SMILES string of the molecule is CC1CCN(C(=O)CCCN)C1c1cccc(F)c1. The van der Waals surface area contributed by atoms with Gasteiger partial charge in [-0.15, -0.1) is 0 Å². The highest BCUT2D eigenvalue weighted by molar-refractivity contribution is 5.77. The van der Waals surface area contributed by atoms with Crippen LogP contribution >= 0.6 is 0 Å². The molecule has 0 radical (unpaired) electrons. The second-order valence-corrected chi connectivity index (χ2v) is 5.25. The van der Waals surface area contributed by atoms with E-state index in [1.165, 1.54) is 12.1 Å². The van der Waals surface area contributed by atoms with Gasteiger partial charge < -0.3 is 10.6 Å². The van der Waals surface area contributed by atoms with Gasteiger partial charge in [-0.3, -0.25) is 4.79 Å². The van der Waals surface area contributed by atoms with Crippen molar-refractivity contribution in [2.45, 2.75) is 32.2 Å². The first-order valence-electron chi connectivity index (χ1n) is 6.88. The molecule has 104 valence electrons. The van der Waals surface area contributed by atoms with Crippen molar-refractivity contribution in [3.63, 3.8) is 0 Å². The minimum Gasteiger partial charge on any atom is -0.335 e. The van der Waals surface area contributed by atoms with E-state index in [0.717, 1.165) is 18.5 Å². The zero-order chi connectivity index (χ0) is 13.8. The Hall–Kier alpha value is -1.42. The van der Waals surface area contributed by atoms with Crippen LogP contribution in [0.4, 0.5) is 4.39 Å². The highest BCUT2D eigenvalue weighted by Crippen LogP contribution is 2.37. The van der Waals surface area contributed by atoms with Crippen LogP contribution in [0.3, 0.4) is 0 Å². The van der Waals surface area contributed by atoms with Crippen LogP contribution in [0.1, 0.15) is 37.8 Å². The van der Waals surface area contributed by atoms with Crippen molar-refractivity contribution in [1.82, 2.24) is 4.90 Å². The monoisotopic (exact) mass is 264 g/mol. The van der Waals surface area contributed by atoms with Gasteiger partial charge >= 0.3 is 0 Å². The Kier molecular flexibility index (Phi) is 4.53. The lowest BCUT2D eigenvalue weighted by Gasteiger charge is -2.27. The van der Waals surface area contributed by atoms with E-state index in [4.69, 9.17) is 5.73 Å². The molecular weight excluding hydrogens is 243 g/mol. The van der Waals surface area contributed by atoms with Crippen LogP contribution in [0.15, 0.2) is 24.3 Å². The zero-order valence-electron chi connectivity index (χ0n) is 11.3. The van der Waals surface area contributed by atoms with Crippen molar-refractivity contribution in [3.05, 3.63) is 35.6 Å². The van der Waals surface area contributed by atoms with Crippen molar-refractivity contribution in [2.75, 3.05) is 13.1 Å². The number of nitrogens with two attached hydrogens (primary N) is 1.